The van der Waals surface area contributed by atoms with E-state index in [4.69, 9.17) is 9.79 Å². The van der Waals surface area contributed by atoms with Crippen molar-refractivity contribution in [3.8, 4) is 0 Å². The maximum atomic E-state index is 9.34. The molecule has 2 N–H and O–H groups in total. The summed E-state index contributed by atoms with van der Waals surface area (Å²) in [5, 5.41) is 0. The molecule has 0 heterocycles. The van der Waals surface area contributed by atoms with Crippen molar-refractivity contribution in [2.24, 2.45) is 0 Å². The molecule has 1 radical (unpaired) electrons. The Hall–Kier alpha value is 1.68. The second kappa shape index (κ2) is 3.66. The average molecular weight is 133 g/mol. The van der Waals surface area contributed by atoms with E-state index in [9.17, 15) is 4.57 Å². The summed E-state index contributed by atoms with van der Waals surface area (Å²) in [6.07, 6.45) is -3.61. The number of hydrogen-bond acceptors (Lipinski definition) is 1. The molecule has 0 rings (SSSR count). The van der Waals surface area contributed by atoms with Crippen LogP contribution in [0.2, 0.25) is 0 Å². The fraction of sp³-hybridized carbons (Fsp3) is 0. The van der Waals surface area contributed by atoms with Crippen LogP contribution in [0, 0.1) is 0 Å². The second-order valence-corrected chi connectivity index (χ2v) is 4.47. The monoisotopic (exact) mass is 133 g/mol. The van der Waals surface area contributed by atoms with Crippen molar-refractivity contribution in [1.29, 1.82) is 0 Å². The summed E-state index contributed by atoms with van der Waals surface area (Å²) in [6, 6.07) is 0. The van der Waals surface area contributed by atoms with Crippen molar-refractivity contribution < 1.29 is 14.4 Å². The molecule has 0 aromatic carbocycles. The molecule has 6 heteroatoms. The minimum atomic E-state index is -3.61. The van der Waals surface area contributed by atoms with Gasteiger partial charge in [0, 0.05) is 0 Å². The van der Waals surface area contributed by atoms with Gasteiger partial charge in [0.25, 0.3) is 0 Å². The van der Waals surface area contributed by atoms with Crippen LogP contribution < -0.4 is 0 Å². The van der Waals surface area contributed by atoms with Crippen LogP contribution in [0.4, 0.5) is 0 Å². The summed E-state index contributed by atoms with van der Waals surface area (Å²) >= 11 is 0.678. The van der Waals surface area contributed by atoms with Gasteiger partial charge in [0.05, 0.1) is 0 Å². The van der Waals surface area contributed by atoms with Crippen molar-refractivity contribution in [2.45, 2.75) is 0 Å². The van der Waals surface area contributed by atoms with E-state index in [1.165, 1.54) is 0 Å². The van der Waals surface area contributed by atoms with Gasteiger partial charge >= 0.3 is 45.4 Å². The fourth-order valence-electron chi connectivity index (χ4n) is 0. The Kier molecular flexibility index (Phi) is 6.47. The van der Waals surface area contributed by atoms with Gasteiger partial charge in [-0.25, -0.2) is 0 Å². The number of hydrogen-bond donors (Lipinski definition) is 2. The molecule has 0 bridgehead atoms. The van der Waals surface area contributed by atoms with E-state index in [-0.39, 0.29) is 29.6 Å². The van der Waals surface area contributed by atoms with Gasteiger partial charge in [0.2, 0.25) is 6.24 Å². The molecule has 0 saturated carbocycles. The zero-order valence-corrected chi connectivity index (χ0v) is 4.77. The predicted octanol–water partition coefficient (Wildman–Crippen LogP) is -1.67. The Morgan fingerprint density at radius 2 is 1.50 bits per heavy atom. The summed E-state index contributed by atoms with van der Waals surface area (Å²) in [6.45, 7) is 0. The Morgan fingerprint density at radius 1 is 1.50 bits per heavy atom. The molecule has 0 aliphatic carbocycles. The first-order valence-electron chi connectivity index (χ1n) is 0.899. The van der Waals surface area contributed by atoms with Crippen LogP contribution in [-0.4, -0.2) is 55.2 Å². The van der Waals surface area contributed by atoms with Crippen LogP contribution in [0.15, 0.2) is 0 Å². The Balaban J connectivity index is 0. The van der Waals surface area contributed by atoms with Gasteiger partial charge in [0.15, 0.2) is 0 Å². The van der Waals surface area contributed by atoms with E-state index >= 15 is 0 Å². The molecule has 0 spiro atoms. The van der Waals surface area contributed by atoms with Crippen molar-refractivity contribution in [3.63, 3.8) is 0 Å². The molecular weight excluding hydrogens is 129 g/mol. The Bertz CT molecular complexity index is 56.9. The van der Waals surface area contributed by atoms with Gasteiger partial charge in [-0.2, -0.15) is 0 Å². The molecule has 0 unspecified atom stereocenters. The van der Waals surface area contributed by atoms with E-state index in [1.807, 2.05) is 0 Å². The summed E-state index contributed by atoms with van der Waals surface area (Å²) in [5.41, 5.74) is 0. The molecule has 0 aliphatic heterocycles. The van der Waals surface area contributed by atoms with Crippen LogP contribution in [0.25, 0.3) is 0 Å². The number of rotatable bonds is 0. The molecule has 0 aliphatic rings. The third-order valence-electron chi connectivity index (χ3n) is 0. The molecule has 0 amide bonds. The molecule has 0 saturated heterocycles. The van der Waals surface area contributed by atoms with Crippen LogP contribution in [0.3, 0.4) is 0 Å². The van der Waals surface area contributed by atoms with Gasteiger partial charge in [0.1, 0.15) is 0 Å². The summed E-state index contributed by atoms with van der Waals surface area (Å²) in [5.74, 6) is 0. The van der Waals surface area contributed by atoms with Crippen molar-refractivity contribution in [2.75, 3.05) is 0 Å². The molecule has 0 aromatic heterocycles. The SMILES string of the molecule is O=[P](O)(O)[AlH].[NaH]. The first-order valence-corrected chi connectivity index (χ1v) is 4.59. The van der Waals surface area contributed by atoms with E-state index in [2.05, 4.69) is 0 Å². The molecular formula is H4AlNaO3P. The quantitative estimate of drug-likeness (QED) is 0.307. The van der Waals surface area contributed by atoms with Crippen LogP contribution in [0.1, 0.15) is 0 Å². The third kappa shape index (κ3) is 44.0. The topological polar surface area (TPSA) is 57.5 Å². The van der Waals surface area contributed by atoms with E-state index in [0.717, 1.165) is 0 Å². The van der Waals surface area contributed by atoms with Gasteiger partial charge in [-0.1, -0.05) is 0 Å². The zero-order chi connectivity index (χ0) is 4.50. The first kappa shape index (κ1) is 10.6. The van der Waals surface area contributed by atoms with Crippen molar-refractivity contribution in [3.05, 3.63) is 0 Å². The molecule has 31 valence electrons. The summed E-state index contributed by atoms with van der Waals surface area (Å²) < 4.78 is 9.34. The van der Waals surface area contributed by atoms with Crippen LogP contribution in [0.5, 0.6) is 0 Å². The van der Waals surface area contributed by atoms with Crippen molar-refractivity contribution in [1.82, 2.24) is 0 Å². The third-order valence-corrected chi connectivity index (χ3v) is 0. The molecule has 0 fully saturated rings. The first-order chi connectivity index (χ1) is 2.00. The van der Waals surface area contributed by atoms with Crippen LogP contribution >= 0.6 is 6.24 Å². The van der Waals surface area contributed by atoms with Crippen LogP contribution in [-0.2, 0) is 4.57 Å². The standard InChI is InChI=1S/Al.Na.HO3P.2H/c;;1-4(2)3;;/h;;(H-,1,2,3);;/q-1;;;;/p+1. The van der Waals surface area contributed by atoms with E-state index in [0.29, 0.717) is 15.8 Å². The van der Waals surface area contributed by atoms with E-state index < -0.39 is 6.24 Å². The van der Waals surface area contributed by atoms with Gasteiger partial charge in [-0.3, -0.25) is 4.57 Å². The van der Waals surface area contributed by atoms with Gasteiger partial charge < -0.3 is 9.79 Å². The molecule has 0 atom stereocenters. The van der Waals surface area contributed by atoms with Gasteiger partial charge in [-0.05, 0) is 0 Å². The molecule has 3 nitrogen and oxygen atoms in total. The normalized spacial score (nSPS) is 9.67. The Labute approximate surface area is 65.6 Å². The minimum absolute atomic E-state index is 0. The average Bonchev–Trinajstić information content (AvgIpc) is 0.722. The van der Waals surface area contributed by atoms with Gasteiger partial charge in [-0.15, -0.1) is 0 Å². The summed E-state index contributed by atoms with van der Waals surface area (Å²) in [7, 11) is 0. The predicted molar refractivity (Wildman–Crippen MR) is 26.3 cm³/mol. The summed E-state index contributed by atoms with van der Waals surface area (Å²) in [4.78, 5) is 15.3. The van der Waals surface area contributed by atoms with Crippen molar-refractivity contribution >= 4 is 51.6 Å². The zero-order valence-electron chi connectivity index (χ0n) is 2.46. The molecule has 6 heavy (non-hydrogen) atoms. The second-order valence-electron chi connectivity index (χ2n) is 0.665. The Morgan fingerprint density at radius 3 is 1.50 bits per heavy atom. The fourth-order valence-corrected chi connectivity index (χ4v) is 0. The maximum absolute atomic E-state index is 9.34. The molecule has 0 aromatic rings. The van der Waals surface area contributed by atoms with E-state index in [1.54, 1.807) is 0 Å².